The first-order valence-corrected chi connectivity index (χ1v) is 8.23. The number of aromatic nitrogens is 1. The molecule has 1 aliphatic heterocycles. The van der Waals surface area contributed by atoms with Gasteiger partial charge in [0, 0.05) is 25.8 Å². The molecule has 0 aliphatic carbocycles. The van der Waals surface area contributed by atoms with Crippen molar-refractivity contribution in [3.05, 3.63) is 23.9 Å². The summed E-state index contributed by atoms with van der Waals surface area (Å²) in [7, 11) is -3.52. The van der Waals surface area contributed by atoms with E-state index in [-0.39, 0.29) is 31.2 Å². The van der Waals surface area contributed by atoms with Gasteiger partial charge in [0.25, 0.3) is 0 Å². The van der Waals surface area contributed by atoms with Crippen molar-refractivity contribution in [2.75, 3.05) is 43.9 Å². The maximum Gasteiger partial charge on any atom is 0.419 e. The van der Waals surface area contributed by atoms with Gasteiger partial charge in [-0.3, -0.25) is 0 Å². The Morgan fingerprint density at radius 2 is 2.00 bits per heavy atom. The van der Waals surface area contributed by atoms with Crippen LogP contribution >= 0.6 is 0 Å². The molecule has 2 heterocycles. The summed E-state index contributed by atoms with van der Waals surface area (Å²) >= 11 is 0. The molecule has 0 spiro atoms. The average Bonchev–Trinajstić information content (AvgIpc) is 2.47. The SMILES string of the molecule is O=S(=O)(CCNc1ncccc1C(F)(F)F)N1CCOCC1. The number of hydrogen-bond acceptors (Lipinski definition) is 5. The van der Waals surface area contributed by atoms with Gasteiger partial charge in [0.1, 0.15) is 5.82 Å². The molecular weight excluding hydrogens is 323 g/mol. The lowest BCUT2D eigenvalue weighted by Gasteiger charge is -2.26. The first kappa shape index (κ1) is 17.0. The molecular formula is C12H16F3N3O3S. The molecule has 1 fully saturated rings. The van der Waals surface area contributed by atoms with Gasteiger partial charge in [-0.2, -0.15) is 17.5 Å². The number of hydrogen-bond donors (Lipinski definition) is 1. The van der Waals surface area contributed by atoms with Crippen molar-refractivity contribution in [1.82, 2.24) is 9.29 Å². The molecule has 0 amide bonds. The molecule has 0 saturated carbocycles. The van der Waals surface area contributed by atoms with Crippen LogP contribution in [0.1, 0.15) is 5.56 Å². The quantitative estimate of drug-likeness (QED) is 0.872. The van der Waals surface area contributed by atoms with Crippen LogP contribution in [0.25, 0.3) is 0 Å². The molecule has 1 aromatic heterocycles. The van der Waals surface area contributed by atoms with Gasteiger partial charge in [0.2, 0.25) is 10.0 Å². The van der Waals surface area contributed by atoms with E-state index < -0.39 is 21.8 Å². The Balaban J connectivity index is 1.96. The fourth-order valence-electron chi connectivity index (χ4n) is 2.03. The van der Waals surface area contributed by atoms with E-state index in [1.165, 1.54) is 16.6 Å². The standard InChI is InChI=1S/C12H16F3N3O3S/c13-12(14,15)10-2-1-3-16-11(10)17-4-9-22(19,20)18-5-7-21-8-6-18/h1-3H,4-9H2,(H,16,17). The van der Waals surface area contributed by atoms with Gasteiger partial charge in [-0.15, -0.1) is 0 Å². The second kappa shape index (κ2) is 6.80. The number of ether oxygens (including phenoxy) is 1. The highest BCUT2D eigenvalue weighted by atomic mass is 32.2. The summed E-state index contributed by atoms with van der Waals surface area (Å²) in [6.07, 6.45) is -3.33. The minimum atomic E-state index is -4.54. The van der Waals surface area contributed by atoms with Crippen molar-refractivity contribution in [2.24, 2.45) is 0 Å². The number of morpholine rings is 1. The molecule has 1 aliphatic rings. The third-order valence-electron chi connectivity index (χ3n) is 3.13. The van der Waals surface area contributed by atoms with Crippen LogP contribution in [0.2, 0.25) is 0 Å². The third-order valence-corrected chi connectivity index (χ3v) is 5.00. The highest BCUT2D eigenvalue weighted by Gasteiger charge is 2.34. The van der Waals surface area contributed by atoms with Gasteiger partial charge in [-0.25, -0.2) is 13.4 Å². The lowest BCUT2D eigenvalue weighted by Crippen LogP contribution is -2.42. The van der Waals surface area contributed by atoms with Crippen LogP contribution in [-0.2, 0) is 20.9 Å². The van der Waals surface area contributed by atoms with Crippen LogP contribution in [0.4, 0.5) is 19.0 Å². The summed E-state index contributed by atoms with van der Waals surface area (Å²) in [4.78, 5) is 3.62. The zero-order chi connectivity index (χ0) is 16.2. The minimum absolute atomic E-state index is 0.153. The number of alkyl halides is 3. The monoisotopic (exact) mass is 339 g/mol. The molecule has 1 aromatic rings. The van der Waals surface area contributed by atoms with E-state index in [1.807, 2.05) is 0 Å². The Labute approximate surface area is 126 Å². The lowest BCUT2D eigenvalue weighted by molar-refractivity contribution is -0.137. The van der Waals surface area contributed by atoms with Crippen molar-refractivity contribution < 1.29 is 26.3 Å². The Hall–Kier alpha value is -1.39. The molecule has 10 heteroatoms. The van der Waals surface area contributed by atoms with Crippen molar-refractivity contribution in [2.45, 2.75) is 6.18 Å². The van der Waals surface area contributed by atoms with Crippen LogP contribution in [0.3, 0.4) is 0 Å². The number of nitrogens with one attached hydrogen (secondary N) is 1. The van der Waals surface area contributed by atoms with E-state index in [9.17, 15) is 21.6 Å². The second-order valence-corrected chi connectivity index (χ2v) is 6.74. The summed E-state index contributed by atoms with van der Waals surface area (Å²) in [5, 5.41) is 2.45. The maximum absolute atomic E-state index is 12.8. The predicted octanol–water partition coefficient (Wildman–Crippen LogP) is 1.17. The summed E-state index contributed by atoms with van der Waals surface area (Å²) in [6.45, 7) is 1.02. The maximum atomic E-state index is 12.8. The molecule has 124 valence electrons. The molecule has 6 nitrogen and oxygen atoms in total. The largest absolute Gasteiger partial charge is 0.419 e. The number of rotatable bonds is 5. The Kier molecular flexibility index (Phi) is 5.24. The summed E-state index contributed by atoms with van der Waals surface area (Å²) in [5.74, 6) is -0.673. The average molecular weight is 339 g/mol. The molecule has 1 N–H and O–H groups in total. The molecule has 22 heavy (non-hydrogen) atoms. The number of pyridine rings is 1. The van der Waals surface area contributed by atoms with Gasteiger partial charge in [0.05, 0.1) is 24.5 Å². The fourth-order valence-corrected chi connectivity index (χ4v) is 3.35. The molecule has 2 rings (SSSR count). The Bertz CT molecular complexity index is 601. The van der Waals surface area contributed by atoms with E-state index in [0.717, 1.165) is 6.07 Å². The van der Waals surface area contributed by atoms with Crippen LogP contribution < -0.4 is 5.32 Å². The van der Waals surface area contributed by atoms with Gasteiger partial charge >= 0.3 is 6.18 Å². The van der Waals surface area contributed by atoms with E-state index in [0.29, 0.717) is 13.2 Å². The van der Waals surface area contributed by atoms with E-state index in [1.54, 1.807) is 0 Å². The fraction of sp³-hybridized carbons (Fsp3) is 0.583. The topological polar surface area (TPSA) is 71.5 Å². The van der Waals surface area contributed by atoms with Crippen LogP contribution in [0.15, 0.2) is 18.3 Å². The Morgan fingerprint density at radius 3 is 2.64 bits per heavy atom. The summed E-state index contributed by atoms with van der Waals surface area (Å²) in [6, 6.07) is 2.07. The molecule has 0 radical (unpaired) electrons. The molecule has 0 atom stereocenters. The summed E-state index contributed by atoms with van der Waals surface area (Å²) in [5.41, 5.74) is -0.918. The van der Waals surface area contributed by atoms with Gasteiger partial charge in [0.15, 0.2) is 0 Å². The molecule has 0 unspecified atom stereocenters. The predicted molar refractivity (Wildman–Crippen MR) is 73.9 cm³/mol. The van der Waals surface area contributed by atoms with Gasteiger partial charge in [-0.05, 0) is 12.1 Å². The smallest absolute Gasteiger partial charge is 0.379 e. The highest BCUT2D eigenvalue weighted by molar-refractivity contribution is 7.89. The minimum Gasteiger partial charge on any atom is -0.379 e. The van der Waals surface area contributed by atoms with Crippen LogP contribution in [0, 0.1) is 0 Å². The summed E-state index contributed by atoms with van der Waals surface area (Å²) < 4.78 is 68.8. The normalized spacial score (nSPS) is 17.4. The van der Waals surface area contributed by atoms with Crippen molar-refractivity contribution in [1.29, 1.82) is 0 Å². The molecule has 0 bridgehead atoms. The number of anilines is 1. The Morgan fingerprint density at radius 1 is 1.32 bits per heavy atom. The van der Waals surface area contributed by atoms with Gasteiger partial charge in [-0.1, -0.05) is 0 Å². The van der Waals surface area contributed by atoms with E-state index in [4.69, 9.17) is 4.74 Å². The lowest BCUT2D eigenvalue weighted by atomic mass is 10.2. The van der Waals surface area contributed by atoms with Crippen LogP contribution in [-0.4, -0.2) is 56.3 Å². The zero-order valence-electron chi connectivity index (χ0n) is 11.6. The first-order chi connectivity index (χ1) is 10.3. The third kappa shape index (κ3) is 4.31. The van der Waals surface area contributed by atoms with Gasteiger partial charge < -0.3 is 10.1 Å². The van der Waals surface area contributed by atoms with Crippen molar-refractivity contribution in [3.8, 4) is 0 Å². The van der Waals surface area contributed by atoms with Crippen molar-refractivity contribution in [3.63, 3.8) is 0 Å². The highest BCUT2D eigenvalue weighted by Crippen LogP contribution is 2.33. The van der Waals surface area contributed by atoms with E-state index >= 15 is 0 Å². The molecule has 0 aromatic carbocycles. The second-order valence-electron chi connectivity index (χ2n) is 4.65. The first-order valence-electron chi connectivity index (χ1n) is 6.62. The number of nitrogens with zero attached hydrogens (tertiary/aromatic N) is 2. The molecule has 1 saturated heterocycles. The zero-order valence-corrected chi connectivity index (χ0v) is 12.5. The number of sulfonamides is 1. The van der Waals surface area contributed by atoms with E-state index in [2.05, 4.69) is 10.3 Å². The van der Waals surface area contributed by atoms with Crippen LogP contribution in [0.5, 0.6) is 0 Å². The van der Waals surface area contributed by atoms with Crippen molar-refractivity contribution >= 4 is 15.8 Å². The number of halogens is 3.